The average molecular weight is 331 g/mol. The number of nitrogens with one attached hydrogen (secondary N) is 2. The van der Waals surface area contributed by atoms with Crippen molar-refractivity contribution in [1.29, 1.82) is 0 Å². The minimum Gasteiger partial charge on any atom is -0.448 e. The second-order valence-corrected chi connectivity index (χ2v) is 5.27. The molecule has 2 amide bonds. The Balaban J connectivity index is 1.95. The molecule has 24 heavy (non-hydrogen) atoms. The van der Waals surface area contributed by atoms with E-state index in [1.807, 2.05) is 0 Å². The molecule has 0 aliphatic carbocycles. The Morgan fingerprint density at radius 3 is 2.67 bits per heavy atom. The lowest BCUT2D eigenvalue weighted by Gasteiger charge is -2.16. The summed E-state index contributed by atoms with van der Waals surface area (Å²) >= 11 is 0. The zero-order chi connectivity index (χ0) is 17.7. The van der Waals surface area contributed by atoms with E-state index in [-0.39, 0.29) is 30.2 Å². The zero-order valence-corrected chi connectivity index (χ0v) is 13.3. The first-order chi connectivity index (χ1) is 11.4. The first-order valence-electron chi connectivity index (χ1n) is 7.35. The number of esters is 1. The summed E-state index contributed by atoms with van der Waals surface area (Å²) in [5, 5.41) is 6.19. The summed E-state index contributed by atoms with van der Waals surface area (Å²) in [6.07, 6.45) is -0.745. The first-order valence-corrected chi connectivity index (χ1v) is 7.35. The van der Waals surface area contributed by atoms with Crippen molar-refractivity contribution in [2.75, 3.05) is 5.32 Å². The molecule has 0 saturated heterocycles. The molecule has 0 spiro atoms. The maximum absolute atomic E-state index is 12.1. The molecular weight excluding hydrogens is 314 g/mol. The summed E-state index contributed by atoms with van der Waals surface area (Å²) in [7, 11) is 0. The Hall–Kier alpha value is -3.03. The molecule has 8 heteroatoms. The molecule has 1 aromatic rings. The average Bonchev–Trinajstić information content (AvgIpc) is 2.55. The predicted octanol–water partition coefficient (Wildman–Crippen LogP) is 1.03. The highest BCUT2D eigenvalue weighted by atomic mass is 16.5. The second kappa shape index (κ2) is 7.49. The van der Waals surface area contributed by atoms with Crippen LogP contribution in [0.15, 0.2) is 29.4 Å². The van der Waals surface area contributed by atoms with Gasteiger partial charge in [-0.15, -0.1) is 0 Å². The number of anilines is 1. The van der Waals surface area contributed by atoms with Crippen molar-refractivity contribution in [2.45, 2.75) is 32.8 Å². The summed E-state index contributed by atoms with van der Waals surface area (Å²) in [6.45, 7) is 2.85. The molecule has 1 atom stereocenters. The summed E-state index contributed by atoms with van der Waals surface area (Å²) in [5.74, 6) is -1.69. The number of hydrogen-bond donors (Lipinski definition) is 2. The van der Waals surface area contributed by atoms with Gasteiger partial charge in [0.15, 0.2) is 11.9 Å². The molecule has 8 nitrogen and oxygen atoms in total. The number of ketones is 1. The monoisotopic (exact) mass is 331 g/mol. The molecule has 1 aromatic carbocycles. The highest BCUT2D eigenvalue weighted by Gasteiger charge is 2.24. The molecule has 0 unspecified atom stereocenters. The van der Waals surface area contributed by atoms with Gasteiger partial charge in [0.05, 0.1) is 0 Å². The van der Waals surface area contributed by atoms with Crippen LogP contribution >= 0.6 is 0 Å². The van der Waals surface area contributed by atoms with Gasteiger partial charge in [0.25, 0.3) is 5.91 Å². The Bertz CT molecular complexity index is 726. The molecule has 126 valence electrons. The number of benzene rings is 1. The third kappa shape index (κ3) is 4.48. The van der Waals surface area contributed by atoms with E-state index >= 15 is 0 Å². The van der Waals surface area contributed by atoms with Crippen molar-refractivity contribution in [2.24, 2.45) is 5.10 Å². The van der Waals surface area contributed by atoms with Crippen LogP contribution in [-0.2, 0) is 19.1 Å². The fourth-order valence-corrected chi connectivity index (χ4v) is 1.96. The van der Waals surface area contributed by atoms with Crippen molar-refractivity contribution in [1.82, 2.24) is 5.43 Å². The first kappa shape index (κ1) is 17.3. The molecule has 1 heterocycles. The summed E-state index contributed by atoms with van der Waals surface area (Å²) in [5.41, 5.74) is 3.14. The van der Waals surface area contributed by atoms with E-state index in [2.05, 4.69) is 15.8 Å². The molecule has 0 bridgehead atoms. The second-order valence-electron chi connectivity index (χ2n) is 5.27. The van der Waals surface area contributed by atoms with Crippen LogP contribution in [0.2, 0.25) is 0 Å². The fraction of sp³-hybridized carbons (Fsp3) is 0.312. The van der Waals surface area contributed by atoms with Crippen LogP contribution in [0.3, 0.4) is 0 Å². The van der Waals surface area contributed by atoms with E-state index in [0.717, 1.165) is 0 Å². The quantitative estimate of drug-likeness (QED) is 0.618. The summed E-state index contributed by atoms with van der Waals surface area (Å²) in [6, 6.07) is 6.44. The fourth-order valence-electron chi connectivity index (χ4n) is 1.96. The Morgan fingerprint density at radius 1 is 1.29 bits per heavy atom. The summed E-state index contributed by atoms with van der Waals surface area (Å²) < 4.78 is 5.04. The molecular formula is C16H17N3O5. The van der Waals surface area contributed by atoms with Crippen molar-refractivity contribution in [3.8, 4) is 0 Å². The number of nitrogens with zero attached hydrogens (tertiary/aromatic N) is 1. The van der Waals surface area contributed by atoms with Gasteiger partial charge in [0, 0.05) is 24.1 Å². The highest BCUT2D eigenvalue weighted by Crippen LogP contribution is 2.12. The van der Waals surface area contributed by atoms with Gasteiger partial charge in [0.1, 0.15) is 5.71 Å². The Kier molecular flexibility index (Phi) is 5.41. The lowest BCUT2D eigenvalue weighted by molar-refractivity contribution is -0.146. The van der Waals surface area contributed by atoms with Gasteiger partial charge in [-0.05, 0) is 26.0 Å². The van der Waals surface area contributed by atoms with Crippen molar-refractivity contribution < 1.29 is 23.9 Å². The van der Waals surface area contributed by atoms with E-state index in [1.165, 1.54) is 19.9 Å². The molecule has 1 aliphatic heterocycles. The number of Topliss-reactive ketones (excluding diaryl/α,β-unsaturated/α-hetero) is 1. The molecule has 0 aromatic heterocycles. The Labute approximate surface area is 138 Å². The SMILES string of the molecule is CC(=O)c1cccc(NC(=O)[C@H](C)OC(=O)C2=NNC(=O)CC2)c1. The lowest BCUT2D eigenvalue weighted by Crippen LogP contribution is -2.35. The minimum absolute atomic E-state index is 0.0628. The van der Waals surface area contributed by atoms with Gasteiger partial charge in [0.2, 0.25) is 5.91 Å². The van der Waals surface area contributed by atoms with Gasteiger partial charge in [-0.3, -0.25) is 14.4 Å². The number of carbonyl (C=O) groups excluding carboxylic acids is 4. The van der Waals surface area contributed by atoms with E-state index in [4.69, 9.17) is 4.74 Å². The minimum atomic E-state index is -1.06. The number of ether oxygens (including phenoxy) is 1. The van der Waals surface area contributed by atoms with Crippen molar-refractivity contribution in [3.63, 3.8) is 0 Å². The molecule has 0 radical (unpaired) electrons. The van der Waals surface area contributed by atoms with E-state index in [9.17, 15) is 19.2 Å². The van der Waals surface area contributed by atoms with Gasteiger partial charge >= 0.3 is 5.97 Å². The number of rotatable bonds is 5. The van der Waals surface area contributed by atoms with Crippen molar-refractivity contribution in [3.05, 3.63) is 29.8 Å². The smallest absolute Gasteiger partial charge is 0.355 e. The molecule has 0 fully saturated rings. The van der Waals surface area contributed by atoms with Gasteiger partial charge in [-0.2, -0.15) is 5.10 Å². The van der Waals surface area contributed by atoms with Gasteiger partial charge in [-0.25, -0.2) is 10.2 Å². The predicted molar refractivity (Wildman–Crippen MR) is 85.4 cm³/mol. The molecule has 1 aliphatic rings. The van der Waals surface area contributed by atoms with Crippen LogP contribution < -0.4 is 10.7 Å². The number of amides is 2. The van der Waals surface area contributed by atoms with E-state index in [1.54, 1.807) is 18.2 Å². The zero-order valence-electron chi connectivity index (χ0n) is 13.3. The number of hydrazone groups is 1. The molecule has 2 rings (SSSR count). The third-order valence-corrected chi connectivity index (χ3v) is 3.33. The summed E-state index contributed by atoms with van der Waals surface area (Å²) in [4.78, 5) is 46.3. The topological polar surface area (TPSA) is 114 Å². The maximum atomic E-state index is 12.1. The lowest BCUT2D eigenvalue weighted by atomic mass is 10.1. The van der Waals surface area contributed by atoms with Crippen LogP contribution in [0.5, 0.6) is 0 Å². The van der Waals surface area contributed by atoms with Gasteiger partial charge < -0.3 is 10.1 Å². The van der Waals surface area contributed by atoms with Crippen molar-refractivity contribution >= 4 is 35.0 Å². The molecule has 2 N–H and O–H groups in total. The van der Waals surface area contributed by atoms with E-state index < -0.39 is 18.0 Å². The largest absolute Gasteiger partial charge is 0.448 e. The van der Waals surface area contributed by atoms with E-state index in [0.29, 0.717) is 11.3 Å². The third-order valence-electron chi connectivity index (χ3n) is 3.33. The van der Waals surface area contributed by atoms with Crippen LogP contribution in [-0.4, -0.2) is 35.4 Å². The Morgan fingerprint density at radius 2 is 2.04 bits per heavy atom. The normalized spacial score (nSPS) is 14.9. The van der Waals surface area contributed by atoms with Crippen LogP contribution in [0.4, 0.5) is 5.69 Å². The standard InChI is InChI=1S/C16H17N3O5/c1-9(20)11-4-3-5-12(8-11)17-15(22)10(2)24-16(23)13-6-7-14(21)19-18-13/h3-5,8,10H,6-7H2,1-2H3,(H,17,22)(H,19,21)/t10-/m0/s1. The van der Waals surface area contributed by atoms with Gasteiger partial charge in [-0.1, -0.05) is 12.1 Å². The van der Waals surface area contributed by atoms with Crippen LogP contribution in [0, 0.1) is 0 Å². The highest BCUT2D eigenvalue weighted by molar-refractivity contribution is 6.37. The number of hydrogen-bond acceptors (Lipinski definition) is 6. The van der Waals surface area contributed by atoms with Crippen LogP contribution in [0.25, 0.3) is 0 Å². The number of carbonyl (C=O) groups is 4. The maximum Gasteiger partial charge on any atom is 0.355 e. The van der Waals surface area contributed by atoms with Crippen LogP contribution in [0.1, 0.15) is 37.0 Å². The molecule has 0 saturated carbocycles.